The molecule has 4 heteroatoms. The Morgan fingerprint density at radius 2 is 1.76 bits per heavy atom. The second-order valence-corrected chi connectivity index (χ2v) is 3.90. The molecule has 1 aromatic rings. The number of benzene rings is 1. The molecule has 0 unspecified atom stereocenters. The smallest absolute Gasteiger partial charge is 0.169 e. The first-order valence-electron chi connectivity index (χ1n) is 5.74. The van der Waals surface area contributed by atoms with Gasteiger partial charge in [-0.2, -0.15) is 0 Å². The maximum atomic E-state index is 9.82. The number of ether oxygens (including phenoxy) is 2. The minimum Gasteiger partial charge on any atom is -0.391 e. The highest BCUT2D eigenvalue weighted by Crippen LogP contribution is 2.02. The van der Waals surface area contributed by atoms with E-state index in [0.29, 0.717) is 19.5 Å². The molecule has 96 valence electrons. The van der Waals surface area contributed by atoms with Crippen LogP contribution in [0.5, 0.6) is 0 Å². The Morgan fingerprint density at radius 3 is 2.35 bits per heavy atom. The molecule has 0 aromatic heterocycles. The zero-order valence-corrected chi connectivity index (χ0v) is 10.4. The van der Waals surface area contributed by atoms with Crippen LogP contribution in [0.4, 0.5) is 0 Å². The van der Waals surface area contributed by atoms with E-state index >= 15 is 0 Å². The van der Waals surface area contributed by atoms with Crippen molar-refractivity contribution in [3.05, 3.63) is 35.9 Å². The van der Waals surface area contributed by atoms with E-state index in [-0.39, 0.29) is 6.29 Å². The van der Waals surface area contributed by atoms with Gasteiger partial charge in [-0.1, -0.05) is 30.3 Å². The van der Waals surface area contributed by atoms with Gasteiger partial charge in [-0.25, -0.2) is 0 Å². The van der Waals surface area contributed by atoms with Crippen LogP contribution in [-0.2, 0) is 15.9 Å². The summed E-state index contributed by atoms with van der Waals surface area (Å²) in [6, 6.07) is 9.94. The number of hydrogen-bond donors (Lipinski definition) is 2. The Hall–Kier alpha value is -0.940. The summed E-state index contributed by atoms with van der Waals surface area (Å²) in [7, 11) is 3.19. The number of methoxy groups -OCH3 is 2. The first-order chi connectivity index (χ1) is 8.26. The van der Waals surface area contributed by atoms with E-state index < -0.39 is 6.10 Å². The van der Waals surface area contributed by atoms with Crippen molar-refractivity contribution in [2.75, 3.05) is 27.3 Å². The highest BCUT2D eigenvalue weighted by atomic mass is 16.7. The molecule has 4 nitrogen and oxygen atoms in total. The molecule has 17 heavy (non-hydrogen) atoms. The molecule has 0 radical (unpaired) electrons. The maximum absolute atomic E-state index is 9.82. The SMILES string of the molecule is COC(CNC[C@H](O)Cc1ccccc1)OC. The van der Waals surface area contributed by atoms with Gasteiger partial charge in [-0.3, -0.25) is 0 Å². The minimum atomic E-state index is -0.397. The van der Waals surface area contributed by atoms with Gasteiger partial charge in [0.05, 0.1) is 6.10 Å². The number of aliphatic hydroxyl groups excluding tert-OH is 1. The number of nitrogens with one attached hydrogen (secondary N) is 1. The molecule has 0 aliphatic carbocycles. The number of hydrogen-bond acceptors (Lipinski definition) is 4. The lowest BCUT2D eigenvalue weighted by molar-refractivity contribution is -0.0993. The van der Waals surface area contributed by atoms with Crippen molar-refractivity contribution in [3.8, 4) is 0 Å². The van der Waals surface area contributed by atoms with Crippen LogP contribution < -0.4 is 5.32 Å². The Morgan fingerprint density at radius 1 is 1.12 bits per heavy atom. The Labute approximate surface area is 103 Å². The van der Waals surface area contributed by atoms with Gasteiger partial charge < -0.3 is 19.9 Å². The fourth-order valence-corrected chi connectivity index (χ4v) is 1.59. The zero-order chi connectivity index (χ0) is 12.5. The fraction of sp³-hybridized carbons (Fsp3) is 0.538. The molecule has 1 atom stereocenters. The highest BCUT2D eigenvalue weighted by Gasteiger charge is 2.08. The van der Waals surface area contributed by atoms with Crippen LogP contribution in [0, 0.1) is 0 Å². The van der Waals surface area contributed by atoms with Crippen LogP contribution in [0.25, 0.3) is 0 Å². The van der Waals surface area contributed by atoms with E-state index in [4.69, 9.17) is 9.47 Å². The van der Waals surface area contributed by atoms with Gasteiger partial charge in [0.2, 0.25) is 0 Å². The summed E-state index contributed by atoms with van der Waals surface area (Å²) >= 11 is 0. The normalized spacial score (nSPS) is 12.9. The second-order valence-electron chi connectivity index (χ2n) is 3.90. The fourth-order valence-electron chi connectivity index (χ4n) is 1.59. The standard InChI is InChI=1S/C13H21NO3/c1-16-13(17-2)10-14-9-12(15)8-11-6-4-3-5-7-11/h3-7,12-15H,8-10H2,1-2H3/t12-/m1/s1. The summed E-state index contributed by atoms with van der Waals surface area (Å²) in [5, 5.41) is 12.9. The molecule has 0 bridgehead atoms. The number of aliphatic hydroxyl groups is 1. The van der Waals surface area contributed by atoms with Crippen LogP contribution >= 0.6 is 0 Å². The third-order valence-electron chi connectivity index (χ3n) is 2.53. The van der Waals surface area contributed by atoms with Crippen molar-refractivity contribution < 1.29 is 14.6 Å². The topological polar surface area (TPSA) is 50.7 Å². The maximum Gasteiger partial charge on any atom is 0.169 e. The van der Waals surface area contributed by atoms with Crippen LogP contribution in [0.3, 0.4) is 0 Å². The third-order valence-corrected chi connectivity index (χ3v) is 2.53. The van der Waals surface area contributed by atoms with Crippen molar-refractivity contribution in [3.63, 3.8) is 0 Å². The first kappa shape index (κ1) is 14.1. The van der Waals surface area contributed by atoms with Crippen molar-refractivity contribution in [2.24, 2.45) is 0 Å². The largest absolute Gasteiger partial charge is 0.391 e. The van der Waals surface area contributed by atoms with Crippen LogP contribution in [0.15, 0.2) is 30.3 Å². The monoisotopic (exact) mass is 239 g/mol. The number of rotatable bonds is 8. The average molecular weight is 239 g/mol. The summed E-state index contributed by atoms with van der Waals surface area (Å²) in [4.78, 5) is 0. The van der Waals surface area contributed by atoms with E-state index in [1.807, 2.05) is 30.3 Å². The molecule has 0 aliphatic heterocycles. The van der Waals surface area contributed by atoms with Gasteiger partial charge in [0, 0.05) is 27.3 Å². The predicted molar refractivity (Wildman–Crippen MR) is 66.8 cm³/mol. The van der Waals surface area contributed by atoms with Crippen LogP contribution in [0.1, 0.15) is 5.56 Å². The summed E-state index contributed by atoms with van der Waals surface area (Å²) in [6.45, 7) is 1.09. The first-order valence-corrected chi connectivity index (χ1v) is 5.74. The quantitative estimate of drug-likeness (QED) is 0.659. The zero-order valence-electron chi connectivity index (χ0n) is 10.4. The van der Waals surface area contributed by atoms with E-state index in [1.165, 1.54) is 0 Å². The summed E-state index contributed by atoms with van der Waals surface area (Å²) in [6.07, 6.45) is -0.0101. The molecule has 0 spiro atoms. The lowest BCUT2D eigenvalue weighted by Crippen LogP contribution is -2.35. The van der Waals surface area contributed by atoms with Crippen LogP contribution in [-0.4, -0.2) is 44.8 Å². The Bertz CT molecular complexity index is 288. The van der Waals surface area contributed by atoms with Crippen molar-refractivity contribution in [1.82, 2.24) is 5.32 Å². The third kappa shape index (κ3) is 5.79. The molecule has 1 rings (SSSR count). The Balaban J connectivity index is 2.19. The minimum absolute atomic E-state index is 0.265. The molecule has 0 saturated carbocycles. The van der Waals surface area contributed by atoms with E-state index in [1.54, 1.807) is 14.2 Å². The van der Waals surface area contributed by atoms with E-state index in [9.17, 15) is 5.11 Å². The summed E-state index contributed by atoms with van der Waals surface area (Å²) in [5.41, 5.74) is 1.14. The highest BCUT2D eigenvalue weighted by molar-refractivity contribution is 5.15. The molecule has 0 aliphatic rings. The van der Waals surface area contributed by atoms with Crippen molar-refractivity contribution in [1.29, 1.82) is 0 Å². The van der Waals surface area contributed by atoms with Crippen molar-refractivity contribution >= 4 is 0 Å². The van der Waals surface area contributed by atoms with Gasteiger partial charge in [-0.15, -0.1) is 0 Å². The van der Waals surface area contributed by atoms with E-state index in [0.717, 1.165) is 5.56 Å². The summed E-state index contributed by atoms with van der Waals surface area (Å²) in [5.74, 6) is 0. The van der Waals surface area contributed by atoms with Gasteiger partial charge in [-0.05, 0) is 12.0 Å². The van der Waals surface area contributed by atoms with Gasteiger partial charge >= 0.3 is 0 Å². The molecular weight excluding hydrogens is 218 g/mol. The lowest BCUT2D eigenvalue weighted by atomic mass is 10.1. The predicted octanol–water partition coefficient (Wildman–Crippen LogP) is 0.798. The molecule has 0 fully saturated rings. The molecule has 1 aromatic carbocycles. The molecule has 0 amide bonds. The lowest BCUT2D eigenvalue weighted by Gasteiger charge is -2.16. The van der Waals surface area contributed by atoms with Gasteiger partial charge in [0.1, 0.15) is 0 Å². The molecule has 2 N–H and O–H groups in total. The average Bonchev–Trinajstić information content (AvgIpc) is 2.36. The molecule has 0 heterocycles. The van der Waals surface area contributed by atoms with Gasteiger partial charge in [0.15, 0.2) is 6.29 Å². The van der Waals surface area contributed by atoms with Crippen LogP contribution in [0.2, 0.25) is 0 Å². The van der Waals surface area contributed by atoms with E-state index in [2.05, 4.69) is 5.32 Å². The Kier molecular flexibility index (Phi) is 6.81. The van der Waals surface area contributed by atoms with Gasteiger partial charge in [0.25, 0.3) is 0 Å². The summed E-state index contributed by atoms with van der Waals surface area (Å²) < 4.78 is 10.1. The molecule has 0 saturated heterocycles. The molecular formula is C13H21NO3. The second kappa shape index (κ2) is 8.20. The van der Waals surface area contributed by atoms with Crippen molar-refractivity contribution in [2.45, 2.75) is 18.8 Å².